The Labute approximate surface area is 146 Å². The molecular weight excluding hydrogens is 381 g/mol. The van der Waals surface area contributed by atoms with Gasteiger partial charge in [-0.2, -0.15) is 0 Å². The summed E-state index contributed by atoms with van der Waals surface area (Å²) < 4.78 is -2.72. The van der Waals surface area contributed by atoms with Crippen molar-refractivity contribution in [1.82, 2.24) is 0 Å². The lowest BCUT2D eigenvalue weighted by Crippen LogP contribution is -2.31. The predicted octanol–water partition coefficient (Wildman–Crippen LogP) is 6.66. The second kappa shape index (κ2) is 4.84. The first-order chi connectivity index (χ1) is 9.28. The Kier molecular flexibility index (Phi) is 3.65. The van der Waals surface area contributed by atoms with Crippen LogP contribution in [0.25, 0.3) is 0 Å². The van der Waals surface area contributed by atoms with Gasteiger partial charge in [0, 0.05) is 21.2 Å². The van der Waals surface area contributed by atoms with Gasteiger partial charge in [0.2, 0.25) is 0 Å². The van der Waals surface area contributed by atoms with Crippen LogP contribution in [0, 0.1) is 0 Å². The quantitative estimate of drug-likeness (QED) is 0.444. The highest BCUT2D eigenvalue weighted by Gasteiger charge is 2.50. The summed E-state index contributed by atoms with van der Waals surface area (Å²) in [6.45, 7) is 0. The standard InChI is InChI=1S/C14H6Cl6/c15-9-5-6-10(16)12-11(9)13(17,18)7-3-1-2-4-8(7)14(12,19)20/h1-6H. The Balaban J connectivity index is 2.49. The zero-order valence-corrected chi connectivity index (χ0v) is 14.3. The van der Waals surface area contributed by atoms with E-state index in [9.17, 15) is 0 Å². The van der Waals surface area contributed by atoms with Gasteiger partial charge in [-0.1, -0.05) is 93.9 Å². The Bertz CT molecular complexity index is 645. The summed E-state index contributed by atoms with van der Waals surface area (Å²) in [6.07, 6.45) is 0. The second-order valence-corrected chi connectivity index (χ2v) is 7.94. The molecule has 1 aliphatic carbocycles. The van der Waals surface area contributed by atoms with E-state index in [4.69, 9.17) is 69.6 Å². The number of rotatable bonds is 0. The molecule has 3 rings (SSSR count). The third-order valence-corrected chi connectivity index (χ3v) is 5.54. The molecule has 0 N–H and O–H groups in total. The normalized spacial score (nSPS) is 18.3. The van der Waals surface area contributed by atoms with Crippen molar-refractivity contribution in [2.24, 2.45) is 0 Å². The van der Waals surface area contributed by atoms with Gasteiger partial charge in [0.25, 0.3) is 0 Å². The molecule has 0 radical (unpaired) electrons. The summed E-state index contributed by atoms with van der Waals surface area (Å²) in [4.78, 5) is 0. The molecule has 0 bridgehead atoms. The summed E-state index contributed by atoms with van der Waals surface area (Å²) in [5, 5.41) is 0.740. The first kappa shape index (κ1) is 15.1. The summed E-state index contributed by atoms with van der Waals surface area (Å²) >= 11 is 38.7. The fourth-order valence-corrected chi connectivity index (χ4v) is 4.70. The van der Waals surface area contributed by atoms with Crippen molar-refractivity contribution in [2.45, 2.75) is 8.67 Å². The van der Waals surface area contributed by atoms with E-state index >= 15 is 0 Å². The van der Waals surface area contributed by atoms with Crippen molar-refractivity contribution in [2.75, 3.05) is 0 Å². The van der Waals surface area contributed by atoms with Gasteiger partial charge in [-0.15, -0.1) is 0 Å². The lowest BCUT2D eigenvalue weighted by molar-refractivity contribution is 0.859. The maximum Gasteiger partial charge on any atom is 0.170 e. The summed E-state index contributed by atoms with van der Waals surface area (Å²) in [6, 6.07) is 10.4. The SMILES string of the molecule is Clc1ccc(Cl)c2c1C(Cl)(Cl)c1ccccc1C2(Cl)Cl. The van der Waals surface area contributed by atoms with Gasteiger partial charge < -0.3 is 0 Å². The van der Waals surface area contributed by atoms with Crippen LogP contribution in [-0.4, -0.2) is 0 Å². The highest BCUT2D eigenvalue weighted by molar-refractivity contribution is 6.56. The first-order valence-electron chi connectivity index (χ1n) is 5.62. The second-order valence-electron chi connectivity index (χ2n) is 4.47. The van der Waals surface area contributed by atoms with Gasteiger partial charge in [-0.25, -0.2) is 0 Å². The molecule has 0 saturated heterocycles. The maximum atomic E-state index is 6.54. The van der Waals surface area contributed by atoms with E-state index in [0.29, 0.717) is 32.3 Å². The van der Waals surface area contributed by atoms with Crippen LogP contribution in [0.5, 0.6) is 0 Å². The molecule has 0 aliphatic heterocycles. The lowest BCUT2D eigenvalue weighted by Gasteiger charge is -2.38. The van der Waals surface area contributed by atoms with Crippen molar-refractivity contribution < 1.29 is 0 Å². The largest absolute Gasteiger partial charge is 0.170 e. The summed E-state index contributed by atoms with van der Waals surface area (Å²) in [5.41, 5.74) is 2.06. The monoisotopic (exact) mass is 384 g/mol. The smallest absolute Gasteiger partial charge is 0.0908 e. The van der Waals surface area contributed by atoms with Crippen LogP contribution >= 0.6 is 69.6 Å². The average Bonchev–Trinajstić information content (AvgIpc) is 2.39. The molecule has 0 spiro atoms. The van der Waals surface area contributed by atoms with Crippen LogP contribution in [0.1, 0.15) is 22.3 Å². The van der Waals surface area contributed by atoms with Crippen LogP contribution in [0.15, 0.2) is 36.4 Å². The number of hydrogen-bond donors (Lipinski definition) is 0. The molecule has 0 atom stereocenters. The summed E-state index contributed by atoms with van der Waals surface area (Å²) in [5.74, 6) is 0. The van der Waals surface area contributed by atoms with E-state index in [2.05, 4.69) is 0 Å². The van der Waals surface area contributed by atoms with Crippen molar-refractivity contribution >= 4 is 69.6 Å². The van der Waals surface area contributed by atoms with Gasteiger partial charge in [-0.05, 0) is 23.3 Å². The minimum Gasteiger partial charge on any atom is -0.0908 e. The Hall–Kier alpha value is 0.180. The highest BCUT2D eigenvalue weighted by atomic mass is 35.5. The van der Waals surface area contributed by atoms with E-state index in [0.717, 1.165) is 0 Å². The molecular formula is C14H6Cl6. The topological polar surface area (TPSA) is 0 Å². The highest BCUT2D eigenvalue weighted by Crippen LogP contribution is 2.60. The minimum absolute atomic E-state index is 0.370. The number of alkyl halides is 4. The molecule has 2 aromatic carbocycles. The Morgan fingerprint density at radius 1 is 0.600 bits per heavy atom. The van der Waals surface area contributed by atoms with Gasteiger partial charge in [0.15, 0.2) is 8.67 Å². The van der Waals surface area contributed by atoms with E-state index in [1.807, 2.05) is 12.1 Å². The number of fused-ring (bicyclic) bond motifs is 2. The molecule has 0 saturated carbocycles. The van der Waals surface area contributed by atoms with Crippen LogP contribution in [0.2, 0.25) is 10.0 Å². The van der Waals surface area contributed by atoms with Crippen molar-refractivity contribution in [3.63, 3.8) is 0 Å². The molecule has 0 amide bonds. The van der Waals surface area contributed by atoms with Gasteiger partial charge in [0.05, 0.1) is 0 Å². The fourth-order valence-electron chi connectivity index (χ4n) is 2.47. The Morgan fingerprint density at radius 3 is 1.30 bits per heavy atom. The molecule has 0 unspecified atom stereocenters. The van der Waals surface area contributed by atoms with Crippen molar-refractivity contribution in [1.29, 1.82) is 0 Å². The van der Waals surface area contributed by atoms with E-state index in [1.54, 1.807) is 24.3 Å². The molecule has 0 heterocycles. The zero-order chi connectivity index (χ0) is 14.7. The van der Waals surface area contributed by atoms with Gasteiger partial charge in [0.1, 0.15) is 0 Å². The molecule has 1 aliphatic rings. The molecule has 6 heteroatoms. The third kappa shape index (κ3) is 1.97. The molecule has 104 valence electrons. The first-order valence-corrected chi connectivity index (χ1v) is 7.89. The molecule has 0 fully saturated rings. The van der Waals surface area contributed by atoms with Crippen molar-refractivity contribution in [3.8, 4) is 0 Å². The van der Waals surface area contributed by atoms with Crippen LogP contribution < -0.4 is 0 Å². The van der Waals surface area contributed by atoms with Gasteiger partial charge >= 0.3 is 0 Å². The minimum atomic E-state index is -1.36. The number of hydrogen-bond acceptors (Lipinski definition) is 0. The maximum absolute atomic E-state index is 6.54. The van der Waals surface area contributed by atoms with E-state index < -0.39 is 8.67 Å². The Morgan fingerprint density at radius 2 is 0.950 bits per heavy atom. The molecule has 20 heavy (non-hydrogen) atoms. The lowest BCUT2D eigenvalue weighted by atomic mass is 9.84. The van der Waals surface area contributed by atoms with Crippen molar-refractivity contribution in [3.05, 3.63) is 68.7 Å². The van der Waals surface area contributed by atoms with Crippen LogP contribution in [-0.2, 0) is 8.67 Å². The summed E-state index contributed by atoms with van der Waals surface area (Å²) in [7, 11) is 0. The molecule has 2 aromatic rings. The molecule has 0 nitrogen and oxygen atoms in total. The van der Waals surface area contributed by atoms with Crippen LogP contribution in [0.4, 0.5) is 0 Å². The third-order valence-electron chi connectivity index (χ3n) is 3.34. The zero-order valence-electron chi connectivity index (χ0n) is 9.73. The number of halogens is 6. The average molecular weight is 387 g/mol. The predicted molar refractivity (Wildman–Crippen MR) is 87.9 cm³/mol. The van der Waals surface area contributed by atoms with E-state index in [-0.39, 0.29) is 0 Å². The molecule has 0 aromatic heterocycles. The van der Waals surface area contributed by atoms with E-state index in [1.165, 1.54) is 0 Å². The van der Waals surface area contributed by atoms with Gasteiger partial charge in [-0.3, -0.25) is 0 Å². The van der Waals surface area contributed by atoms with Crippen LogP contribution in [0.3, 0.4) is 0 Å². The number of benzene rings is 2. The fraction of sp³-hybridized carbons (Fsp3) is 0.143.